The van der Waals surface area contributed by atoms with Crippen LogP contribution in [-0.4, -0.2) is 36.9 Å². The number of ether oxygens (including phenoxy) is 1. The zero-order chi connectivity index (χ0) is 21.0. The second-order valence-electron chi connectivity index (χ2n) is 7.37. The Morgan fingerprint density at radius 3 is 2.50 bits per heavy atom. The quantitative estimate of drug-likeness (QED) is 0.776. The number of nitrogens with zero attached hydrogens (tertiary/aromatic N) is 1. The zero-order valence-corrected chi connectivity index (χ0v) is 14.9. The van der Waals surface area contributed by atoms with E-state index in [2.05, 4.69) is 4.99 Å². The number of aliphatic imine (C=N–C) groups is 1. The summed E-state index contributed by atoms with van der Waals surface area (Å²) in [4.78, 5) is 15.9. The molecule has 1 aliphatic heterocycles. The molecule has 1 aliphatic carbocycles. The number of benzene rings is 1. The first-order valence-corrected chi connectivity index (χ1v) is 8.51. The minimum absolute atomic E-state index is 0.00659. The van der Waals surface area contributed by atoms with Crippen molar-refractivity contribution in [3.05, 3.63) is 35.1 Å². The molecule has 1 fully saturated rings. The second-order valence-corrected chi connectivity index (χ2v) is 7.37. The van der Waals surface area contributed by atoms with Crippen molar-refractivity contribution in [1.29, 1.82) is 0 Å². The van der Waals surface area contributed by atoms with Gasteiger partial charge < -0.3 is 10.5 Å². The van der Waals surface area contributed by atoms with E-state index in [1.165, 1.54) is 0 Å². The van der Waals surface area contributed by atoms with Gasteiger partial charge in [-0.2, -0.15) is 13.2 Å². The Kier molecular flexibility index (Phi) is 4.76. The summed E-state index contributed by atoms with van der Waals surface area (Å²) in [5.41, 5.74) is 0.145. The molecule has 0 unspecified atom stereocenters. The SMILES string of the molecule is C[C@]1(c2cc(CC(=O)C3(C(F)(F)F)CC3)ccc2F)N=C(N)COCC1(F)F. The Labute approximate surface area is 156 Å². The molecule has 1 aromatic carbocycles. The van der Waals surface area contributed by atoms with Gasteiger partial charge in [0.15, 0.2) is 11.3 Å². The van der Waals surface area contributed by atoms with Crippen molar-refractivity contribution in [3.8, 4) is 0 Å². The van der Waals surface area contributed by atoms with E-state index in [-0.39, 0.29) is 30.8 Å². The van der Waals surface area contributed by atoms with Gasteiger partial charge in [0.25, 0.3) is 5.92 Å². The number of alkyl halides is 5. The molecule has 28 heavy (non-hydrogen) atoms. The number of hydrogen-bond acceptors (Lipinski definition) is 4. The monoisotopic (exact) mass is 408 g/mol. The first kappa shape index (κ1) is 20.6. The Morgan fingerprint density at radius 1 is 1.29 bits per heavy atom. The summed E-state index contributed by atoms with van der Waals surface area (Å²) in [6.45, 7) is -0.455. The molecule has 0 saturated heterocycles. The number of hydrogen-bond donors (Lipinski definition) is 1. The molecule has 1 aromatic rings. The maximum atomic E-state index is 14.6. The van der Waals surface area contributed by atoms with Crippen LogP contribution in [0.25, 0.3) is 0 Å². The number of nitrogens with two attached hydrogens (primary N) is 1. The van der Waals surface area contributed by atoms with Gasteiger partial charge in [-0.15, -0.1) is 0 Å². The van der Waals surface area contributed by atoms with Crippen molar-refractivity contribution in [2.45, 2.75) is 43.8 Å². The molecule has 1 heterocycles. The minimum atomic E-state index is -4.68. The third-order valence-electron chi connectivity index (χ3n) is 5.36. The average molecular weight is 408 g/mol. The van der Waals surface area contributed by atoms with Gasteiger partial charge in [-0.3, -0.25) is 9.79 Å². The molecule has 0 radical (unpaired) electrons. The topological polar surface area (TPSA) is 64.7 Å². The summed E-state index contributed by atoms with van der Waals surface area (Å²) in [5.74, 6) is -6.01. The van der Waals surface area contributed by atoms with Crippen molar-refractivity contribution < 1.29 is 35.9 Å². The largest absolute Gasteiger partial charge is 0.401 e. The molecule has 2 N–H and O–H groups in total. The van der Waals surface area contributed by atoms with Crippen LogP contribution in [0.4, 0.5) is 26.3 Å². The minimum Gasteiger partial charge on any atom is -0.385 e. The predicted octanol–water partition coefficient (Wildman–Crippen LogP) is 3.52. The van der Waals surface area contributed by atoms with Crippen molar-refractivity contribution in [2.75, 3.05) is 13.2 Å². The smallest absolute Gasteiger partial charge is 0.385 e. The van der Waals surface area contributed by atoms with Crippen LogP contribution in [0.1, 0.15) is 30.9 Å². The Bertz CT molecular complexity index is 832. The predicted molar refractivity (Wildman–Crippen MR) is 87.6 cm³/mol. The summed E-state index contributed by atoms with van der Waals surface area (Å²) in [5, 5.41) is 0. The highest BCUT2D eigenvalue weighted by atomic mass is 19.4. The van der Waals surface area contributed by atoms with Crippen LogP contribution >= 0.6 is 0 Å². The summed E-state index contributed by atoms with van der Waals surface area (Å²) >= 11 is 0. The van der Waals surface area contributed by atoms with Gasteiger partial charge in [0.2, 0.25) is 0 Å². The molecule has 0 bridgehead atoms. The number of halogens is 6. The highest BCUT2D eigenvalue weighted by Gasteiger charge is 2.67. The number of ketones is 1. The number of rotatable bonds is 4. The first-order valence-electron chi connectivity index (χ1n) is 8.51. The van der Waals surface area contributed by atoms with E-state index < -0.39 is 53.2 Å². The Hall–Kier alpha value is -2.10. The van der Waals surface area contributed by atoms with Crippen LogP contribution < -0.4 is 5.73 Å². The average Bonchev–Trinajstić information content (AvgIpc) is 3.37. The maximum absolute atomic E-state index is 14.6. The molecule has 0 aromatic heterocycles. The van der Waals surface area contributed by atoms with Crippen LogP contribution in [-0.2, 0) is 21.5 Å². The van der Waals surface area contributed by atoms with Gasteiger partial charge >= 0.3 is 6.18 Å². The summed E-state index contributed by atoms with van der Waals surface area (Å²) < 4.78 is 87.8. The summed E-state index contributed by atoms with van der Waals surface area (Å²) in [6, 6.07) is 2.89. The summed E-state index contributed by atoms with van der Waals surface area (Å²) in [7, 11) is 0. The standard InChI is InChI=1S/C18H18F6N2O2/c1-15(17(20,21)9-28-8-14(25)26-15)11-6-10(2-3-12(11)19)7-13(27)16(4-5-16)18(22,23)24/h2-3,6H,4-5,7-9H2,1H3,(H2,25,26)/t15-/m1/s1. The highest BCUT2D eigenvalue weighted by molar-refractivity contribution is 5.90. The fourth-order valence-corrected chi connectivity index (χ4v) is 3.34. The fourth-order valence-electron chi connectivity index (χ4n) is 3.34. The maximum Gasteiger partial charge on any atom is 0.401 e. The van der Waals surface area contributed by atoms with Gasteiger partial charge in [0.1, 0.15) is 30.3 Å². The molecule has 3 rings (SSSR count). The third-order valence-corrected chi connectivity index (χ3v) is 5.36. The van der Waals surface area contributed by atoms with Gasteiger partial charge in [-0.05, 0) is 37.5 Å². The Balaban J connectivity index is 1.98. The van der Waals surface area contributed by atoms with Crippen LogP contribution in [0.2, 0.25) is 0 Å². The molecule has 4 nitrogen and oxygen atoms in total. The lowest BCUT2D eigenvalue weighted by atomic mass is 9.84. The molecule has 10 heteroatoms. The van der Waals surface area contributed by atoms with E-state index in [0.717, 1.165) is 25.1 Å². The normalized spacial score (nSPS) is 26.3. The van der Waals surface area contributed by atoms with Gasteiger partial charge in [-0.1, -0.05) is 6.07 Å². The third kappa shape index (κ3) is 3.27. The lowest BCUT2D eigenvalue weighted by Crippen LogP contribution is -2.45. The van der Waals surface area contributed by atoms with Crippen LogP contribution in [0.5, 0.6) is 0 Å². The summed E-state index contributed by atoms with van der Waals surface area (Å²) in [6.07, 6.45) is -5.94. The van der Waals surface area contributed by atoms with E-state index in [4.69, 9.17) is 10.5 Å². The number of carbonyl (C=O) groups is 1. The fraction of sp³-hybridized carbons (Fsp3) is 0.556. The van der Waals surface area contributed by atoms with E-state index in [0.29, 0.717) is 0 Å². The van der Waals surface area contributed by atoms with Crippen LogP contribution in [0.15, 0.2) is 23.2 Å². The molecule has 154 valence electrons. The highest BCUT2D eigenvalue weighted by Crippen LogP contribution is 2.58. The van der Waals surface area contributed by atoms with Crippen LogP contribution in [0, 0.1) is 11.2 Å². The zero-order valence-electron chi connectivity index (χ0n) is 14.9. The second kappa shape index (κ2) is 6.47. The lowest BCUT2D eigenvalue weighted by molar-refractivity contribution is -0.190. The Morgan fingerprint density at radius 2 is 1.93 bits per heavy atom. The van der Waals surface area contributed by atoms with E-state index in [1.807, 2.05) is 0 Å². The number of Topliss-reactive ketones (excluding diaryl/α,β-unsaturated/α-hetero) is 1. The van der Waals surface area contributed by atoms with Gasteiger partial charge in [0.05, 0.1) is 0 Å². The molecule has 2 aliphatic rings. The van der Waals surface area contributed by atoms with E-state index in [1.54, 1.807) is 0 Å². The van der Waals surface area contributed by atoms with Gasteiger partial charge in [0, 0.05) is 12.0 Å². The first-order chi connectivity index (χ1) is 12.8. The lowest BCUT2D eigenvalue weighted by Gasteiger charge is -2.33. The van der Waals surface area contributed by atoms with Crippen molar-refractivity contribution in [2.24, 2.45) is 16.1 Å². The van der Waals surface area contributed by atoms with Gasteiger partial charge in [-0.25, -0.2) is 13.2 Å². The van der Waals surface area contributed by atoms with Crippen molar-refractivity contribution in [3.63, 3.8) is 0 Å². The van der Waals surface area contributed by atoms with E-state index in [9.17, 15) is 31.1 Å². The van der Waals surface area contributed by atoms with Crippen LogP contribution in [0.3, 0.4) is 0 Å². The molecular weight excluding hydrogens is 390 g/mol. The molecule has 1 saturated carbocycles. The molecule has 0 spiro atoms. The van der Waals surface area contributed by atoms with E-state index >= 15 is 0 Å². The molecular formula is C18H18F6N2O2. The molecule has 0 amide bonds. The van der Waals surface area contributed by atoms with Crippen molar-refractivity contribution in [1.82, 2.24) is 0 Å². The van der Waals surface area contributed by atoms with Crippen molar-refractivity contribution >= 4 is 11.6 Å². The number of carbonyl (C=O) groups excluding carboxylic acids is 1. The number of amidine groups is 1. The molecule has 1 atom stereocenters.